The Kier molecular flexibility index (Phi) is 4.15. The number of carboxylic acids is 1. The predicted molar refractivity (Wildman–Crippen MR) is 81.6 cm³/mol. The Morgan fingerprint density at radius 1 is 1.25 bits per heavy atom. The Morgan fingerprint density at radius 2 is 1.75 bits per heavy atom. The van der Waals surface area contributed by atoms with Crippen LogP contribution in [0.3, 0.4) is 0 Å². The van der Waals surface area contributed by atoms with Gasteiger partial charge in [-0.1, -0.05) is 54.5 Å². The molecule has 0 amide bonds. The highest BCUT2D eigenvalue weighted by atomic mass is 16.4. The lowest BCUT2D eigenvalue weighted by atomic mass is 9.55. The highest BCUT2D eigenvalue weighted by molar-refractivity contribution is 5.71. The van der Waals surface area contributed by atoms with E-state index in [2.05, 4.69) is 20.8 Å². The summed E-state index contributed by atoms with van der Waals surface area (Å²) in [6, 6.07) is 0. The molecule has 114 valence electrons. The van der Waals surface area contributed by atoms with Crippen LogP contribution in [0.5, 0.6) is 0 Å². The smallest absolute Gasteiger partial charge is 0.307 e. The fourth-order valence-electron chi connectivity index (χ4n) is 3.06. The second-order valence-corrected chi connectivity index (χ2v) is 7.95. The van der Waals surface area contributed by atoms with Crippen molar-refractivity contribution >= 4 is 5.97 Å². The van der Waals surface area contributed by atoms with Crippen molar-refractivity contribution in [2.24, 2.45) is 22.2 Å². The maximum Gasteiger partial charge on any atom is 0.307 e. The third-order valence-electron chi connectivity index (χ3n) is 4.66. The van der Waals surface area contributed by atoms with Crippen LogP contribution < -0.4 is 0 Å². The second-order valence-electron chi connectivity index (χ2n) is 7.95. The van der Waals surface area contributed by atoms with Crippen molar-refractivity contribution in [3.8, 4) is 0 Å². The zero-order valence-electron chi connectivity index (χ0n) is 13.7. The SMILES string of the molecule is CC(C(=O)O)C1(C(C)(C)C)C=C(C(C)(C)C)C(O)=CC1. The summed E-state index contributed by atoms with van der Waals surface area (Å²) >= 11 is 0. The van der Waals surface area contributed by atoms with Crippen molar-refractivity contribution in [2.75, 3.05) is 0 Å². The van der Waals surface area contributed by atoms with E-state index in [1.807, 2.05) is 26.8 Å². The molecule has 2 N–H and O–H groups in total. The summed E-state index contributed by atoms with van der Waals surface area (Å²) in [6.07, 6.45) is 4.35. The molecule has 0 heterocycles. The average molecular weight is 280 g/mol. The molecule has 2 atom stereocenters. The first-order valence-corrected chi connectivity index (χ1v) is 7.18. The molecule has 0 saturated carbocycles. The molecule has 0 aromatic carbocycles. The van der Waals surface area contributed by atoms with Gasteiger partial charge in [0.1, 0.15) is 5.76 Å². The molecular formula is C17H28O3. The van der Waals surface area contributed by atoms with E-state index in [0.717, 1.165) is 5.57 Å². The third-order valence-corrected chi connectivity index (χ3v) is 4.66. The highest BCUT2D eigenvalue weighted by Gasteiger charge is 2.49. The van der Waals surface area contributed by atoms with E-state index >= 15 is 0 Å². The lowest BCUT2D eigenvalue weighted by Gasteiger charge is -2.48. The van der Waals surface area contributed by atoms with Gasteiger partial charge in [0.05, 0.1) is 5.92 Å². The number of allylic oxidation sites excluding steroid dienone is 3. The van der Waals surface area contributed by atoms with E-state index in [1.165, 1.54) is 0 Å². The lowest BCUT2D eigenvalue weighted by molar-refractivity contribution is -0.147. The number of hydrogen-bond donors (Lipinski definition) is 2. The van der Waals surface area contributed by atoms with Gasteiger partial charge < -0.3 is 10.2 Å². The van der Waals surface area contributed by atoms with E-state index in [-0.39, 0.29) is 16.6 Å². The van der Waals surface area contributed by atoms with Crippen LogP contribution in [0, 0.1) is 22.2 Å². The molecule has 2 unspecified atom stereocenters. The first-order chi connectivity index (χ1) is 8.83. The van der Waals surface area contributed by atoms with Gasteiger partial charge in [0, 0.05) is 5.41 Å². The van der Waals surface area contributed by atoms with Gasteiger partial charge in [0.15, 0.2) is 0 Å². The van der Waals surface area contributed by atoms with Crippen LogP contribution in [0.15, 0.2) is 23.5 Å². The van der Waals surface area contributed by atoms with Crippen LogP contribution in [0.2, 0.25) is 0 Å². The van der Waals surface area contributed by atoms with Crippen LogP contribution in [-0.4, -0.2) is 16.2 Å². The van der Waals surface area contributed by atoms with Gasteiger partial charge >= 0.3 is 5.97 Å². The zero-order valence-corrected chi connectivity index (χ0v) is 13.7. The summed E-state index contributed by atoms with van der Waals surface area (Å²) in [4.78, 5) is 11.6. The van der Waals surface area contributed by atoms with Crippen LogP contribution in [0.25, 0.3) is 0 Å². The van der Waals surface area contributed by atoms with Gasteiger partial charge in [-0.05, 0) is 28.9 Å². The Balaban J connectivity index is 3.50. The standard InChI is InChI=1S/C17H28O3/c1-11(14(19)20)17(16(5,6)7)9-8-13(18)12(10-17)15(2,3)4/h8,10-11,18H,9H2,1-7H3,(H,19,20). The van der Waals surface area contributed by atoms with E-state index in [9.17, 15) is 15.0 Å². The van der Waals surface area contributed by atoms with E-state index in [0.29, 0.717) is 6.42 Å². The maximum atomic E-state index is 11.6. The van der Waals surface area contributed by atoms with E-state index in [4.69, 9.17) is 0 Å². The average Bonchev–Trinajstić information content (AvgIpc) is 2.25. The zero-order chi connectivity index (χ0) is 15.9. The molecule has 1 aliphatic rings. The number of aliphatic hydroxyl groups is 1. The lowest BCUT2D eigenvalue weighted by Crippen LogP contribution is -2.44. The summed E-state index contributed by atoms with van der Waals surface area (Å²) < 4.78 is 0. The van der Waals surface area contributed by atoms with Crippen molar-refractivity contribution < 1.29 is 15.0 Å². The van der Waals surface area contributed by atoms with Crippen LogP contribution in [0.1, 0.15) is 54.9 Å². The van der Waals surface area contributed by atoms with Crippen molar-refractivity contribution in [1.82, 2.24) is 0 Å². The van der Waals surface area contributed by atoms with Crippen LogP contribution in [0.4, 0.5) is 0 Å². The molecule has 3 nitrogen and oxygen atoms in total. The number of rotatable bonds is 2. The minimum absolute atomic E-state index is 0.210. The number of aliphatic hydroxyl groups excluding tert-OH is 1. The first-order valence-electron chi connectivity index (χ1n) is 7.18. The van der Waals surface area contributed by atoms with Gasteiger partial charge in [-0.15, -0.1) is 0 Å². The molecule has 0 aliphatic heterocycles. The monoisotopic (exact) mass is 280 g/mol. The van der Waals surface area contributed by atoms with Gasteiger partial charge in [0.2, 0.25) is 0 Å². The highest BCUT2D eigenvalue weighted by Crippen LogP contribution is 2.54. The first kappa shape index (κ1) is 16.8. The van der Waals surface area contributed by atoms with Crippen molar-refractivity contribution in [2.45, 2.75) is 54.9 Å². The van der Waals surface area contributed by atoms with Gasteiger partial charge in [0.25, 0.3) is 0 Å². The molecule has 0 spiro atoms. The Bertz CT molecular complexity index is 458. The Morgan fingerprint density at radius 3 is 2.10 bits per heavy atom. The number of carboxylic acid groups (broad SMARTS) is 1. The minimum Gasteiger partial charge on any atom is -0.508 e. The molecule has 0 fully saturated rings. The second kappa shape index (κ2) is 4.94. The molecule has 1 rings (SSSR count). The molecule has 1 aliphatic carbocycles. The predicted octanol–water partition coefficient (Wildman–Crippen LogP) is 4.56. The summed E-state index contributed by atoms with van der Waals surface area (Å²) in [5, 5.41) is 19.7. The summed E-state index contributed by atoms with van der Waals surface area (Å²) in [5.74, 6) is -1.02. The topological polar surface area (TPSA) is 57.5 Å². The fourth-order valence-corrected chi connectivity index (χ4v) is 3.06. The number of hydrogen-bond acceptors (Lipinski definition) is 2. The molecule has 0 bridgehead atoms. The molecule has 0 aromatic heterocycles. The van der Waals surface area contributed by atoms with Gasteiger partial charge in [-0.25, -0.2) is 0 Å². The molecular weight excluding hydrogens is 252 g/mol. The van der Waals surface area contributed by atoms with Crippen molar-refractivity contribution in [1.29, 1.82) is 0 Å². The molecule has 20 heavy (non-hydrogen) atoms. The normalized spacial score (nSPS) is 25.8. The third kappa shape index (κ3) is 2.77. The summed E-state index contributed by atoms with van der Waals surface area (Å²) in [7, 11) is 0. The Hall–Kier alpha value is -1.25. The maximum absolute atomic E-state index is 11.6. The Labute approximate surface area is 122 Å². The minimum atomic E-state index is -0.792. The van der Waals surface area contributed by atoms with Gasteiger partial charge in [-0.2, -0.15) is 0 Å². The summed E-state index contributed by atoms with van der Waals surface area (Å²) in [5.41, 5.74) is -0.0752. The van der Waals surface area contributed by atoms with Crippen LogP contribution in [-0.2, 0) is 4.79 Å². The van der Waals surface area contributed by atoms with Crippen molar-refractivity contribution in [3.05, 3.63) is 23.5 Å². The van der Waals surface area contributed by atoms with Crippen molar-refractivity contribution in [3.63, 3.8) is 0 Å². The van der Waals surface area contributed by atoms with E-state index < -0.39 is 17.3 Å². The van der Waals surface area contributed by atoms with Crippen LogP contribution >= 0.6 is 0 Å². The molecule has 0 radical (unpaired) electrons. The fraction of sp³-hybridized carbons (Fsp3) is 0.706. The molecule has 0 saturated heterocycles. The summed E-state index contributed by atoms with van der Waals surface area (Å²) in [6.45, 7) is 14.1. The number of carbonyl (C=O) groups is 1. The quantitative estimate of drug-likeness (QED) is 0.779. The van der Waals surface area contributed by atoms with E-state index in [1.54, 1.807) is 13.0 Å². The van der Waals surface area contributed by atoms with Gasteiger partial charge in [-0.3, -0.25) is 4.79 Å². The molecule has 0 aromatic rings. The largest absolute Gasteiger partial charge is 0.508 e. The number of aliphatic carboxylic acids is 1. The molecule has 3 heteroatoms.